The number of aromatic nitrogens is 2. The Bertz CT molecular complexity index is 626. The first-order valence-electron chi connectivity index (χ1n) is 5.86. The standard InChI is InChI=1S/C13H12FN3O3/c14-9-2-3-11(10(8-9)13(19)20)16-12(18)4-7-17-6-1-5-15-17/h1-3,5-6,8H,4,7H2,(H,16,18)(H,19,20). The third kappa shape index (κ3) is 3.41. The molecule has 7 heteroatoms. The minimum Gasteiger partial charge on any atom is -0.478 e. The molecule has 0 aliphatic heterocycles. The van der Waals surface area contributed by atoms with Crippen LogP contribution in [0.5, 0.6) is 0 Å². The zero-order valence-electron chi connectivity index (χ0n) is 10.4. The average molecular weight is 277 g/mol. The van der Waals surface area contributed by atoms with E-state index in [-0.39, 0.29) is 23.6 Å². The lowest BCUT2D eigenvalue weighted by atomic mass is 10.1. The molecular weight excluding hydrogens is 265 g/mol. The Hall–Kier alpha value is -2.70. The smallest absolute Gasteiger partial charge is 0.337 e. The Kier molecular flexibility index (Phi) is 4.09. The van der Waals surface area contributed by atoms with E-state index >= 15 is 0 Å². The maximum Gasteiger partial charge on any atom is 0.337 e. The lowest BCUT2D eigenvalue weighted by molar-refractivity contribution is -0.116. The van der Waals surface area contributed by atoms with E-state index in [0.717, 1.165) is 12.1 Å². The Labute approximate surface area is 113 Å². The number of aromatic carboxylic acids is 1. The predicted octanol–water partition coefficient (Wildman–Crippen LogP) is 1.75. The lowest BCUT2D eigenvalue weighted by Gasteiger charge is -2.08. The minimum absolute atomic E-state index is 0.0735. The molecule has 0 fully saturated rings. The quantitative estimate of drug-likeness (QED) is 0.872. The molecule has 1 amide bonds. The summed E-state index contributed by atoms with van der Waals surface area (Å²) in [5, 5.41) is 15.4. The summed E-state index contributed by atoms with van der Waals surface area (Å²) in [6.45, 7) is 0.377. The van der Waals surface area contributed by atoms with E-state index in [1.165, 1.54) is 6.07 Å². The first-order chi connectivity index (χ1) is 9.56. The summed E-state index contributed by atoms with van der Waals surface area (Å²) in [4.78, 5) is 22.7. The monoisotopic (exact) mass is 277 g/mol. The van der Waals surface area contributed by atoms with Gasteiger partial charge in [0.15, 0.2) is 0 Å². The van der Waals surface area contributed by atoms with Crippen molar-refractivity contribution in [1.29, 1.82) is 0 Å². The van der Waals surface area contributed by atoms with Crippen LogP contribution < -0.4 is 5.32 Å². The summed E-state index contributed by atoms with van der Waals surface area (Å²) in [6.07, 6.45) is 3.45. The fourth-order valence-electron chi connectivity index (χ4n) is 1.66. The van der Waals surface area contributed by atoms with Crippen LogP contribution in [0.25, 0.3) is 0 Å². The molecule has 0 radical (unpaired) electrons. The highest BCUT2D eigenvalue weighted by Crippen LogP contribution is 2.17. The number of aryl methyl sites for hydroxylation is 1. The molecule has 6 nitrogen and oxygen atoms in total. The van der Waals surface area contributed by atoms with Gasteiger partial charge in [-0.05, 0) is 24.3 Å². The zero-order chi connectivity index (χ0) is 14.5. The molecule has 2 aromatic rings. The number of anilines is 1. The van der Waals surface area contributed by atoms with Crippen molar-refractivity contribution in [3.05, 3.63) is 48.0 Å². The molecule has 1 aromatic heterocycles. The van der Waals surface area contributed by atoms with Crippen LogP contribution in [0.15, 0.2) is 36.7 Å². The number of halogens is 1. The predicted molar refractivity (Wildman–Crippen MR) is 68.8 cm³/mol. The molecule has 0 atom stereocenters. The number of benzene rings is 1. The molecule has 0 unspecified atom stereocenters. The summed E-state index contributed by atoms with van der Waals surface area (Å²) in [5.41, 5.74) is -0.207. The molecule has 2 N–H and O–H groups in total. The van der Waals surface area contributed by atoms with Crippen LogP contribution in [0.3, 0.4) is 0 Å². The summed E-state index contributed by atoms with van der Waals surface area (Å²) in [7, 11) is 0. The molecule has 0 aliphatic rings. The molecular formula is C13H12FN3O3. The van der Waals surface area contributed by atoms with Crippen molar-refractivity contribution in [2.24, 2.45) is 0 Å². The lowest BCUT2D eigenvalue weighted by Crippen LogP contribution is -2.17. The van der Waals surface area contributed by atoms with Gasteiger partial charge in [-0.2, -0.15) is 5.10 Å². The first kappa shape index (κ1) is 13.7. The molecule has 1 aromatic carbocycles. The molecule has 2 rings (SSSR count). The first-order valence-corrected chi connectivity index (χ1v) is 5.86. The Morgan fingerprint density at radius 2 is 2.20 bits per heavy atom. The molecule has 104 valence electrons. The largest absolute Gasteiger partial charge is 0.478 e. The van der Waals surface area contributed by atoms with Crippen LogP contribution in [-0.2, 0) is 11.3 Å². The van der Waals surface area contributed by atoms with E-state index in [0.29, 0.717) is 6.54 Å². The Balaban J connectivity index is 2.02. The van der Waals surface area contributed by atoms with Crippen molar-refractivity contribution >= 4 is 17.6 Å². The third-order valence-electron chi connectivity index (χ3n) is 2.61. The van der Waals surface area contributed by atoms with Crippen LogP contribution in [0.4, 0.5) is 10.1 Å². The van der Waals surface area contributed by atoms with E-state index in [1.807, 2.05) is 0 Å². The van der Waals surface area contributed by atoms with Gasteiger partial charge in [-0.3, -0.25) is 9.48 Å². The number of hydrogen-bond donors (Lipinski definition) is 2. The fourth-order valence-corrected chi connectivity index (χ4v) is 1.66. The van der Waals surface area contributed by atoms with E-state index in [2.05, 4.69) is 10.4 Å². The van der Waals surface area contributed by atoms with Crippen molar-refractivity contribution in [1.82, 2.24) is 9.78 Å². The summed E-state index contributed by atoms with van der Waals surface area (Å²) < 4.78 is 14.6. The van der Waals surface area contributed by atoms with Gasteiger partial charge in [-0.15, -0.1) is 0 Å². The van der Waals surface area contributed by atoms with Crippen LogP contribution in [0.1, 0.15) is 16.8 Å². The highest BCUT2D eigenvalue weighted by molar-refractivity contribution is 6.00. The van der Waals surface area contributed by atoms with Crippen LogP contribution in [-0.4, -0.2) is 26.8 Å². The van der Waals surface area contributed by atoms with E-state index in [4.69, 9.17) is 5.11 Å². The highest BCUT2D eigenvalue weighted by Gasteiger charge is 2.13. The second-order valence-electron chi connectivity index (χ2n) is 4.06. The van der Waals surface area contributed by atoms with Crippen molar-refractivity contribution in [3.8, 4) is 0 Å². The topological polar surface area (TPSA) is 84.2 Å². The van der Waals surface area contributed by atoms with Crippen molar-refractivity contribution in [3.63, 3.8) is 0 Å². The van der Waals surface area contributed by atoms with Gasteiger partial charge >= 0.3 is 5.97 Å². The van der Waals surface area contributed by atoms with Gasteiger partial charge in [0.25, 0.3) is 0 Å². The van der Waals surface area contributed by atoms with Gasteiger partial charge in [0.2, 0.25) is 5.91 Å². The number of hydrogen-bond acceptors (Lipinski definition) is 3. The summed E-state index contributed by atoms with van der Waals surface area (Å²) >= 11 is 0. The van der Waals surface area contributed by atoms with Crippen molar-refractivity contribution < 1.29 is 19.1 Å². The molecule has 20 heavy (non-hydrogen) atoms. The normalized spacial score (nSPS) is 10.2. The van der Waals surface area contributed by atoms with Crippen LogP contribution in [0, 0.1) is 5.82 Å². The summed E-state index contributed by atoms with van der Waals surface area (Å²) in [6, 6.07) is 4.92. The zero-order valence-corrected chi connectivity index (χ0v) is 10.4. The number of carbonyl (C=O) groups is 2. The average Bonchev–Trinajstić information content (AvgIpc) is 2.91. The Morgan fingerprint density at radius 3 is 2.85 bits per heavy atom. The summed E-state index contributed by atoms with van der Waals surface area (Å²) in [5.74, 6) is -2.33. The Morgan fingerprint density at radius 1 is 1.40 bits per heavy atom. The van der Waals surface area contributed by atoms with Crippen molar-refractivity contribution in [2.45, 2.75) is 13.0 Å². The SMILES string of the molecule is O=C(CCn1cccn1)Nc1ccc(F)cc1C(=O)O. The number of amides is 1. The van der Waals surface area contributed by atoms with E-state index in [9.17, 15) is 14.0 Å². The molecule has 0 saturated heterocycles. The number of carbonyl (C=O) groups excluding carboxylic acids is 1. The molecule has 0 bridgehead atoms. The van der Waals surface area contributed by atoms with Crippen LogP contribution in [0.2, 0.25) is 0 Å². The van der Waals surface area contributed by atoms with Crippen molar-refractivity contribution in [2.75, 3.05) is 5.32 Å². The maximum atomic E-state index is 13.0. The van der Waals surface area contributed by atoms with Gasteiger partial charge in [-0.25, -0.2) is 9.18 Å². The highest BCUT2D eigenvalue weighted by atomic mass is 19.1. The minimum atomic E-state index is -1.30. The second-order valence-corrected chi connectivity index (χ2v) is 4.06. The molecule has 1 heterocycles. The number of rotatable bonds is 5. The van der Waals surface area contributed by atoms with Gasteiger partial charge in [0.05, 0.1) is 11.3 Å². The number of carboxylic acid groups (broad SMARTS) is 1. The van der Waals surface area contributed by atoms with E-state index < -0.39 is 11.8 Å². The maximum absolute atomic E-state index is 13.0. The van der Waals surface area contributed by atoms with Gasteiger partial charge in [0, 0.05) is 25.4 Å². The third-order valence-corrected chi connectivity index (χ3v) is 2.61. The molecule has 0 saturated carbocycles. The molecule has 0 aliphatic carbocycles. The van der Waals surface area contributed by atoms with Gasteiger partial charge in [-0.1, -0.05) is 0 Å². The fraction of sp³-hybridized carbons (Fsp3) is 0.154. The van der Waals surface area contributed by atoms with Crippen LogP contribution >= 0.6 is 0 Å². The number of nitrogens with one attached hydrogen (secondary N) is 1. The van der Waals surface area contributed by atoms with Gasteiger partial charge < -0.3 is 10.4 Å². The second kappa shape index (κ2) is 5.96. The molecule has 0 spiro atoms. The van der Waals surface area contributed by atoms with E-state index in [1.54, 1.807) is 23.1 Å². The number of carboxylic acids is 1. The van der Waals surface area contributed by atoms with Gasteiger partial charge in [0.1, 0.15) is 5.82 Å². The number of nitrogens with zero attached hydrogens (tertiary/aromatic N) is 2.